The molecule has 0 bridgehead atoms. The second-order valence-electron chi connectivity index (χ2n) is 9.64. The number of benzene rings is 1. The lowest BCUT2D eigenvalue weighted by molar-refractivity contribution is 0.441. The summed E-state index contributed by atoms with van der Waals surface area (Å²) in [5, 5.41) is 3.35. The molecule has 33 heavy (non-hydrogen) atoms. The standard InChI is InChI=1S/C23H38N10/c1-3-14(2)15-4-6-20(7-5-15)28-21-29-22(32-10-16(24)8-17(25)11-32)31-23(30-21)33-12-18(26)9-19(27)13-33/h4-7,14,16-19H,3,8-13,24-27H2,1-2H3,(H,28,29,30,31). The highest BCUT2D eigenvalue weighted by molar-refractivity contribution is 5.57. The molecule has 0 amide bonds. The lowest BCUT2D eigenvalue weighted by atomic mass is 9.99. The Kier molecular flexibility index (Phi) is 7.28. The molecule has 4 rings (SSSR count). The van der Waals surface area contributed by atoms with Crippen molar-refractivity contribution in [1.29, 1.82) is 0 Å². The third-order valence-corrected chi connectivity index (χ3v) is 6.56. The third kappa shape index (κ3) is 5.89. The third-order valence-electron chi connectivity index (χ3n) is 6.56. The van der Waals surface area contributed by atoms with Crippen molar-refractivity contribution in [2.45, 2.75) is 63.2 Å². The Morgan fingerprint density at radius 2 is 1.27 bits per heavy atom. The summed E-state index contributed by atoms with van der Waals surface area (Å²) in [6.45, 7) is 7.04. The fourth-order valence-corrected chi connectivity index (χ4v) is 4.64. The molecular formula is C23H38N10. The number of rotatable bonds is 6. The van der Waals surface area contributed by atoms with Crippen LogP contribution in [0.1, 0.15) is 44.6 Å². The van der Waals surface area contributed by atoms with Gasteiger partial charge in [-0.2, -0.15) is 15.0 Å². The molecule has 5 atom stereocenters. The number of anilines is 4. The van der Waals surface area contributed by atoms with Crippen LogP contribution in [0.5, 0.6) is 0 Å². The Hall–Kier alpha value is -2.53. The highest BCUT2D eigenvalue weighted by atomic mass is 15.4. The lowest BCUT2D eigenvalue weighted by Crippen LogP contribution is -2.54. The van der Waals surface area contributed by atoms with E-state index < -0.39 is 0 Å². The smallest absolute Gasteiger partial charge is 0.233 e. The van der Waals surface area contributed by atoms with E-state index >= 15 is 0 Å². The first-order valence-corrected chi connectivity index (χ1v) is 12.0. The van der Waals surface area contributed by atoms with Crippen LogP contribution in [-0.4, -0.2) is 65.3 Å². The Balaban J connectivity index is 1.63. The molecule has 10 heteroatoms. The van der Waals surface area contributed by atoms with Crippen molar-refractivity contribution in [3.05, 3.63) is 29.8 Å². The maximum absolute atomic E-state index is 6.23. The van der Waals surface area contributed by atoms with Crippen LogP contribution in [0.25, 0.3) is 0 Å². The van der Waals surface area contributed by atoms with Crippen molar-refractivity contribution in [1.82, 2.24) is 15.0 Å². The Morgan fingerprint density at radius 3 is 1.70 bits per heavy atom. The SMILES string of the molecule is CCC(C)c1ccc(Nc2nc(N3CC(N)CC(N)C3)nc(N3CC(N)CC(N)C3)n2)cc1. The van der Waals surface area contributed by atoms with Gasteiger partial charge in [-0.15, -0.1) is 0 Å². The molecule has 2 aliphatic rings. The van der Waals surface area contributed by atoms with Crippen molar-refractivity contribution < 1.29 is 0 Å². The average molecular weight is 455 g/mol. The topological polar surface area (TPSA) is 161 Å². The summed E-state index contributed by atoms with van der Waals surface area (Å²) in [6.07, 6.45) is 2.68. The number of hydrogen-bond acceptors (Lipinski definition) is 10. The Bertz CT molecular complexity index is 856. The second kappa shape index (κ2) is 10.2. The summed E-state index contributed by atoms with van der Waals surface area (Å²) in [7, 11) is 0. The number of nitrogens with zero attached hydrogens (tertiary/aromatic N) is 5. The van der Waals surface area contributed by atoms with E-state index in [0.29, 0.717) is 49.9 Å². The molecule has 1 aromatic heterocycles. The van der Waals surface area contributed by atoms with Crippen molar-refractivity contribution >= 4 is 23.5 Å². The van der Waals surface area contributed by atoms with Crippen molar-refractivity contribution in [2.24, 2.45) is 22.9 Å². The van der Waals surface area contributed by atoms with Gasteiger partial charge in [-0.1, -0.05) is 26.0 Å². The fraction of sp³-hybridized carbons (Fsp3) is 0.609. The number of piperidine rings is 2. The minimum absolute atomic E-state index is 0.0182. The van der Waals surface area contributed by atoms with E-state index in [0.717, 1.165) is 24.9 Å². The number of nitrogens with one attached hydrogen (secondary N) is 1. The molecule has 0 radical (unpaired) electrons. The summed E-state index contributed by atoms with van der Waals surface area (Å²) in [4.78, 5) is 18.3. The van der Waals surface area contributed by atoms with Gasteiger partial charge in [0.1, 0.15) is 0 Å². The van der Waals surface area contributed by atoms with Gasteiger partial charge in [-0.05, 0) is 42.9 Å². The van der Waals surface area contributed by atoms with E-state index in [1.165, 1.54) is 5.56 Å². The second-order valence-corrected chi connectivity index (χ2v) is 9.64. The zero-order valence-electron chi connectivity index (χ0n) is 19.7. The highest BCUT2D eigenvalue weighted by Crippen LogP contribution is 2.25. The lowest BCUT2D eigenvalue weighted by Gasteiger charge is -2.37. The van der Waals surface area contributed by atoms with Crippen LogP contribution in [0.3, 0.4) is 0 Å². The summed E-state index contributed by atoms with van der Waals surface area (Å²) in [5.74, 6) is 2.13. The van der Waals surface area contributed by atoms with Gasteiger partial charge in [0.2, 0.25) is 17.8 Å². The first-order chi connectivity index (χ1) is 15.8. The normalized spacial score (nSPS) is 26.8. The van der Waals surface area contributed by atoms with Crippen LogP contribution < -0.4 is 38.1 Å². The van der Waals surface area contributed by atoms with Gasteiger partial charge < -0.3 is 38.1 Å². The van der Waals surface area contributed by atoms with E-state index in [-0.39, 0.29) is 24.2 Å². The van der Waals surface area contributed by atoms with Crippen LogP contribution in [-0.2, 0) is 0 Å². The van der Waals surface area contributed by atoms with Gasteiger partial charge in [0, 0.05) is 56.0 Å². The van der Waals surface area contributed by atoms with Gasteiger partial charge >= 0.3 is 0 Å². The number of hydrogen-bond donors (Lipinski definition) is 5. The van der Waals surface area contributed by atoms with Crippen molar-refractivity contribution in [2.75, 3.05) is 41.3 Å². The molecule has 1 aromatic carbocycles. The number of aromatic nitrogens is 3. The minimum atomic E-state index is -0.0182. The van der Waals surface area contributed by atoms with Gasteiger partial charge in [-0.3, -0.25) is 0 Å². The zero-order chi connectivity index (χ0) is 23.5. The van der Waals surface area contributed by atoms with Crippen LogP contribution in [0.15, 0.2) is 24.3 Å². The van der Waals surface area contributed by atoms with E-state index in [1.54, 1.807) is 0 Å². The van der Waals surface area contributed by atoms with Crippen LogP contribution >= 0.6 is 0 Å². The zero-order valence-corrected chi connectivity index (χ0v) is 19.7. The molecule has 0 saturated carbocycles. The molecule has 2 aliphatic heterocycles. The average Bonchev–Trinajstić information content (AvgIpc) is 2.77. The summed E-state index contributed by atoms with van der Waals surface area (Å²) in [6, 6.07) is 8.33. The predicted molar refractivity (Wildman–Crippen MR) is 134 cm³/mol. The van der Waals surface area contributed by atoms with E-state index in [1.807, 2.05) is 9.80 Å². The van der Waals surface area contributed by atoms with Crippen LogP contribution in [0.4, 0.5) is 23.5 Å². The Morgan fingerprint density at radius 1 is 0.818 bits per heavy atom. The largest absolute Gasteiger partial charge is 0.338 e. The monoisotopic (exact) mass is 454 g/mol. The molecule has 0 aliphatic carbocycles. The highest BCUT2D eigenvalue weighted by Gasteiger charge is 2.28. The molecule has 0 spiro atoms. The summed E-state index contributed by atoms with van der Waals surface area (Å²) in [5.41, 5.74) is 27.2. The Labute approximate surface area is 196 Å². The van der Waals surface area contributed by atoms with Gasteiger partial charge in [-0.25, -0.2) is 0 Å². The van der Waals surface area contributed by atoms with Crippen LogP contribution in [0.2, 0.25) is 0 Å². The minimum Gasteiger partial charge on any atom is -0.338 e. The molecule has 10 nitrogen and oxygen atoms in total. The molecule has 2 fully saturated rings. The molecule has 9 N–H and O–H groups in total. The molecule has 180 valence electrons. The molecular weight excluding hydrogens is 416 g/mol. The van der Waals surface area contributed by atoms with Crippen molar-refractivity contribution in [3.8, 4) is 0 Å². The molecule has 3 heterocycles. The van der Waals surface area contributed by atoms with E-state index in [9.17, 15) is 0 Å². The maximum Gasteiger partial charge on any atom is 0.233 e. The van der Waals surface area contributed by atoms with Gasteiger partial charge in [0.05, 0.1) is 0 Å². The predicted octanol–water partition coefficient (Wildman–Crippen LogP) is 0.858. The van der Waals surface area contributed by atoms with Crippen molar-refractivity contribution in [3.63, 3.8) is 0 Å². The molecule has 2 aromatic rings. The maximum atomic E-state index is 6.23. The van der Waals surface area contributed by atoms with Gasteiger partial charge in [0.25, 0.3) is 0 Å². The summed E-state index contributed by atoms with van der Waals surface area (Å²) < 4.78 is 0. The summed E-state index contributed by atoms with van der Waals surface area (Å²) >= 11 is 0. The van der Waals surface area contributed by atoms with Crippen LogP contribution in [0, 0.1) is 0 Å². The number of nitrogens with two attached hydrogens (primary N) is 4. The van der Waals surface area contributed by atoms with E-state index in [2.05, 4.69) is 43.4 Å². The first-order valence-electron chi connectivity index (χ1n) is 12.0. The molecule has 2 saturated heterocycles. The molecule has 5 unspecified atom stereocenters. The van der Waals surface area contributed by atoms with Gasteiger partial charge in [0.15, 0.2) is 0 Å². The fourth-order valence-electron chi connectivity index (χ4n) is 4.64. The quantitative estimate of drug-likeness (QED) is 0.423. The van der Waals surface area contributed by atoms with E-state index in [4.69, 9.17) is 37.9 Å². The first kappa shape index (κ1) is 23.6.